The standard InChI is InChI=1S/C17H21NO4/c1-18-7-6-16-13-9-2-3-10(19)14(13)22-15(16)11(20)4-5-17(16,21)12(18)8-9/h2-3,11-12,15,19-21H,4-8H2,1H3/t11-,12+,15-,16+,17+/m0/s1. The predicted octanol–water partition coefficient (Wildman–Crippen LogP) is 0.537. The molecule has 22 heavy (non-hydrogen) atoms. The van der Waals surface area contributed by atoms with E-state index in [4.69, 9.17) is 4.74 Å². The number of nitrogens with zero attached hydrogens (tertiary/aromatic N) is 1. The zero-order chi connectivity index (χ0) is 15.3. The van der Waals surface area contributed by atoms with Gasteiger partial charge in [-0.3, -0.25) is 0 Å². The molecule has 5 heteroatoms. The van der Waals surface area contributed by atoms with Crippen molar-refractivity contribution in [2.24, 2.45) is 0 Å². The predicted molar refractivity (Wildman–Crippen MR) is 79.1 cm³/mol. The Morgan fingerprint density at radius 1 is 1.32 bits per heavy atom. The van der Waals surface area contributed by atoms with E-state index in [1.807, 2.05) is 6.07 Å². The smallest absolute Gasteiger partial charge is 0.165 e. The van der Waals surface area contributed by atoms with Crippen LogP contribution in [0.3, 0.4) is 0 Å². The lowest BCUT2D eigenvalue weighted by molar-refractivity contribution is -0.204. The Morgan fingerprint density at radius 3 is 2.95 bits per heavy atom. The summed E-state index contributed by atoms with van der Waals surface area (Å²) in [4.78, 5) is 2.24. The van der Waals surface area contributed by atoms with Gasteiger partial charge in [-0.1, -0.05) is 6.07 Å². The highest BCUT2D eigenvalue weighted by molar-refractivity contribution is 5.62. The van der Waals surface area contributed by atoms with Crippen LogP contribution in [0.1, 0.15) is 30.4 Å². The van der Waals surface area contributed by atoms with Gasteiger partial charge >= 0.3 is 0 Å². The summed E-state index contributed by atoms with van der Waals surface area (Å²) in [6.07, 6.45) is 1.59. The molecular formula is C17H21NO4. The van der Waals surface area contributed by atoms with Gasteiger partial charge in [0.2, 0.25) is 0 Å². The lowest BCUT2D eigenvalue weighted by Gasteiger charge is -2.63. The second kappa shape index (κ2) is 3.78. The number of aromatic hydroxyl groups is 1. The summed E-state index contributed by atoms with van der Waals surface area (Å²) in [7, 11) is 2.07. The number of rotatable bonds is 0. The molecule has 1 aromatic rings. The van der Waals surface area contributed by atoms with Crippen LogP contribution in [0.4, 0.5) is 0 Å². The molecule has 1 saturated carbocycles. The van der Waals surface area contributed by atoms with Crippen molar-refractivity contribution in [3.8, 4) is 11.5 Å². The maximum Gasteiger partial charge on any atom is 0.165 e. The molecule has 0 amide bonds. The van der Waals surface area contributed by atoms with Crippen LogP contribution in [-0.2, 0) is 11.8 Å². The van der Waals surface area contributed by atoms with Gasteiger partial charge in [0.15, 0.2) is 11.5 Å². The summed E-state index contributed by atoms with van der Waals surface area (Å²) in [5, 5.41) is 32.4. The van der Waals surface area contributed by atoms with Crippen LogP contribution in [-0.4, -0.2) is 57.7 Å². The molecule has 1 spiro atoms. The molecule has 2 fully saturated rings. The second-order valence-corrected chi connectivity index (χ2v) is 7.44. The van der Waals surface area contributed by atoms with Crippen molar-refractivity contribution in [3.05, 3.63) is 23.3 Å². The van der Waals surface area contributed by atoms with Gasteiger partial charge in [0.25, 0.3) is 0 Å². The maximum atomic E-state index is 11.7. The van der Waals surface area contributed by atoms with Gasteiger partial charge in [0.05, 0.1) is 17.1 Å². The number of likely N-dealkylation sites (tertiary alicyclic amines) is 1. The number of phenolic OH excluding ortho intramolecular Hbond substituents is 1. The number of aliphatic hydroxyl groups excluding tert-OH is 1. The first-order chi connectivity index (χ1) is 10.5. The molecule has 5 atom stereocenters. The van der Waals surface area contributed by atoms with Gasteiger partial charge in [-0.15, -0.1) is 0 Å². The van der Waals surface area contributed by atoms with E-state index in [1.165, 1.54) is 0 Å². The van der Waals surface area contributed by atoms with E-state index in [9.17, 15) is 15.3 Å². The zero-order valence-corrected chi connectivity index (χ0v) is 12.6. The largest absolute Gasteiger partial charge is 0.504 e. The van der Waals surface area contributed by atoms with Gasteiger partial charge in [0, 0.05) is 11.6 Å². The summed E-state index contributed by atoms with van der Waals surface area (Å²) >= 11 is 0. The van der Waals surface area contributed by atoms with E-state index in [-0.39, 0.29) is 11.8 Å². The van der Waals surface area contributed by atoms with Crippen LogP contribution in [0.25, 0.3) is 0 Å². The van der Waals surface area contributed by atoms with E-state index in [1.54, 1.807) is 6.07 Å². The second-order valence-electron chi connectivity index (χ2n) is 7.44. The molecule has 5 nitrogen and oxygen atoms in total. The lowest BCUT2D eigenvalue weighted by Crippen LogP contribution is -2.76. The van der Waals surface area contributed by atoms with Crippen molar-refractivity contribution < 1.29 is 20.1 Å². The average molecular weight is 303 g/mol. The number of phenols is 1. The Bertz CT molecular complexity index is 677. The van der Waals surface area contributed by atoms with Gasteiger partial charge in [-0.2, -0.15) is 0 Å². The normalized spacial score (nSPS) is 45.3. The maximum absolute atomic E-state index is 11.7. The summed E-state index contributed by atoms with van der Waals surface area (Å²) in [6.45, 7) is 0.869. The van der Waals surface area contributed by atoms with Gasteiger partial charge in [0.1, 0.15) is 6.10 Å². The van der Waals surface area contributed by atoms with Crippen LogP contribution >= 0.6 is 0 Å². The highest BCUT2D eigenvalue weighted by atomic mass is 16.5. The van der Waals surface area contributed by atoms with Crippen molar-refractivity contribution >= 4 is 0 Å². The molecule has 2 bridgehead atoms. The quantitative estimate of drug-likeness (QED) is 0.652. The molecule has 0 radical (unpaired) electrons. The van der Waals surface area contributed by atoms with Crippen molar-refractivity contribution in [3.63, 3.8) is 0 Å². The minimum atomic E-state index is -0.893. The number of ether oxygens (including phenoxy) is 1. The third kappa shape index (κ3) is 1.17. The minimum Gasteiger partial charge on any atom is -0.504 e. The highest BCUT2D eigenvalue weighted by Crippen LogP contribution is 2.65. The molecule has 1 aromatic carbocycles. The van der Waals surface area contributed by atoms with Crippen molar-refractivity contribution in [2.45, 2.75) is 54.9 Å². The minimum absolute atomic E-state index is 0.0443. The Kier molecular flexibility index (Phi) is 2.26. The Morgan fingerprint density at radius 2 is 2.14 bits per heavy atom. The molecule has 0 aromatic heterocycles. The molecule has 2 aliphatic heterocycles. The highest BCUT2D eigenvalue weighted by Gasteiger charge is 2.72. The average Bonchev–Trinajstić information content (AvgIpc) is 2.85. The first-order valence-electron chi connectivity index (χ1n) is 8.12. The molecule has 5 rings (SSSR count). The first kappa shape index (κ1) is 13.2. The number of hydrogen-bond acceptors (Lipinski definition) is 5. The van der Waals surface area contributed by atoms with Gasteiger partial charge < -0.3 is 25.0 Å². The van der Waals surface area contributed by atoms with E-state index in [0.29, 0.717) is 18.6 Å². The van der Waals surface area contributed by atoms with Crippen LogP contribution in [0, 0.1) is 0 Å². The number of piperidine rings is 1. The first-order valence-corrected chi connectivity index (χ1v) is 8.12. The molecule has 2 aliphatic carbocycles. The van der Waals surface area contributed by atoms with E-state index < -0.39 is 23.2 Å². The molecule has 1 saturated heterocycles. The van der Waals surface area contributed by atoms with Gasteiger partial charge in [-0.05, 0) is 50.9 Å². The Labute approximate surface area is 129 Å². The third-order valence-corrected chi connectivity index (χ3v) is 6.70. The van der Waals surface area contributed by atoms with Crippen LogP contribution in [0.5, 0.6) is 11.5 Å². The van der Waals surface area contributed by atoms with E-state index in [0.717, 1.165) is 30.5 Å². The van der Waals surface area contributed by atoms with Crippen LogP contribution < -0.4 is 4.74 Å². The number of hydrogen-bond donors (Lipinski definition) is 3. The summed E-state index contributed by atoms with van der Waals surface area (Å²) in [5.41, 5.74) is 0.633. The Balaban J connectivity index is 1.86. The molecule has 3 N–H and O–H groups in total. The fraction of sp³-hybridized carbons (Fsp3) is 0.647. The number of benzene rings is 1. The monoisotopic (exact) mass is 303 g/mol. The summed E-state index contributed by atoms with van der Waals surface area (Å²) < 4.78 is 6.04. The summed E-state index contributed by atoms with van der Waals surface area (Å²) in [5.74, 6) is 0.610. The third-order valence-electron chi connectivity index (χ3n) is 6.70. The SMILES string of the molecule is CN1CC[C@@]23c4c5ccc(O)c4O[C@H]2[C@@H](O)CC[C@@]3(O)[C@H]1C5. The van der Waals surface area contributed by atoms with Crippen LogP contribution in [0.15, 0.2) is 12.1 Å². The molecule has 0 unspecified atom stereocenters. The molecule has 2 heterocycles. The molecule has 118 valence electrons. The molecular weight excluding hydrogens is 282 g/mol. The number of likely N-dealkylation sites (N-methyl/N-ethyl adjacent to an activating group) is 1. The van der Waals surface area contributed by atoms with Crippen molar-refractivity contribution in [1.29, 1.82) is 0 Å². The fourth-order valence-electron chi connectivity index (χ4n) is 5.73. The number of aliphatic hydroxyl groups is 2. The van der Waals surface area contributed by atoms with E-state index >= 15 is 0 Å². The topological polar surface area (TPSA) is 73.2 Å². The van der Waals surface area contributed by atoms with Crippen molar-refractivity contribution in [2.75, 3.05) is 13.6 Å². The van der Waals surface area contributed by atoms with Gasteiger partial charge in [-0.25, -0.2) is 0 Å². The van der Waals surface area contributed by atoms with Crippen molar-refractivity contribution in [1.82, 2.24) is 4.90 Å². The lowest BCUT2D eigenvalue weighted by atomic mass is 9.49. The van der Waals surface area contributed by atoms with E-state index in [2.05, 4.69) is 11.9 Å². The fourth-order valence-corrected chi connectivity index (χ4v) is 5.73. The molecule has 4 aliphatic rings. The Hall–Kier alpha value is -1.30. The summed E-state index contributed by atoms with van der Waals surface area (Å²) in [6, 6.07) is 3.67. The zero-order valence-electron chi connectivity index (χ0n) is 12.6. The van der Waals surface area contributed by atoms with Crippen LogP contribution in [0.2, 0.25) is 0 Å².